The summed E-state index contributed by atoms with van der Waals surface area (Å²) >= 11 is 0. The molecule has 6 heteroatoms. The van der Waals surface area contributed by atoms with Gasteiger partial charge in [0.05, 0.1) is 0 Å². The number of rotatable bonds is 3. The zero-order chi connectivity index (χ0) is 11.6. The van der Waals surface area contributed by atoms with Gasteiger partial charge in [0.15, 0.2) is 0 Å². The normalized spacial score (nSPS) is 27.8. The first-order valence-electron chi connectivity index (χ1n) is 5.35. The summed E-state index contributed by atoms with van der Waals surface area (Å²) in [7, 11) is 0. The van der Waals surface area contributed by atoms with Gasteiger partial charge in [0.2, 0.25) is 0 Å². The maximum atomic E-state index is 10.8. The van der Waals surface area contributed by atoms with Crippen molar-refractivity contribution in [3.63, 3.8) is 0 Å². The number of hydrogen-bond donors (Lipinski definition) is 0. The van der Waals surface area contributed by atoms with Crippen molar-refractivity contribution in [2.24, 2.45) is 23.7 Å². The van der Waals surface area contributed by atoms with Gasteiger partial charge in [0.1, 0.15) is 0 Å². The molecule has 1 saturated carbocycles. The predicted molar refractivity (Wildman–Crippen MR) is 49.2 cm³/mol. The summed E-state index contributed by atoms with van der Waals surface area (Å²) in [5, 5.41) is 21.6. The fourth-order valence-electron chi connectivity index (χ4n) is 2.35. The van der Waals surface area contributed by atoms with Crippen LogP contribution in [-0.4, -0.2) is 11.9 Å². The largest absolute Gasteiger partial charge is 1.00 e. The third kappa shape index (κ3) is 5.10. The Labute approximate surface area is 126 Å². The molecule has 0 spiro atoms. The van der Waals surface area contributed by atoms with Gasteiger partial charge >= 0.3 is 37.7 Å². The second kappa shape index (κ2) is 8.27. The molecule has 4 nitrogen and oxygen atoms in total. The summed E-state index contributed by atoms with van der Waals surface area (Å²) in [6.07, 6.45) is 1.56. The Bertz CT molecular complexity index is 268. The topological polar surface area (TPSA) is 80.3 Å². The second-order valence-corrected chi connectivity index (χ2v) is 4.67. The van der Waals surface area contributed by atoms with Gasteiger partial charge in [-0.15, -0.1) is 0 Å². The van der Waals surface area contributed by atoms with Crippen molar-refractivity contribution in [3.8, 4) is 0 Å². The van der Waals surface area contributed by atoms with E-state index in [2.05, 4.69) is 0 Å². The Morgan fingerprint density at radius 2 is 1.47 bits per heavy atom. The summed E-state index contributed by atoms with van der Waals surface area (Å²) in [6.45, 7) is 4.05. The Hall–Kier alpha value is 0.135. The van der Waals surface area contributed by atoms with Crippen LogP contribution in [0.2, 0.25) is 0 Å². The fraction of sp³-hybridized carbons (Fsp3) is 0.818. The molecule has 0 bridgehead atoms. The van der Waals surface area contributed by atoms with E-state index < -0.39 is 23.8 Å². The summed E-state index contributed by atoms with van der Waals surface area (Å²) in [6, 6.07) is 0. The molecule has 1 rings (SSSR count). The van der Waals surface area contributed by atoms with E-state index in [0.29, 0.717) is 18.8 Å². The molecule has 1 aliphatic carbocycles. The molecule has 0 aromatic rings. The van der Waals surface area contributed by atoms with Crippen molar-refractivity contribution in [2.75, 3.05) is 0 Å². The van der Waals surface area contributed by atoms with E-state index in [9.17, 15) is 19.8 Å². The van der Waals surface area contributed by atoms with Gasteiger partial charge in [-0.3, -0.25) is 0 Å². The standard InChI is InChI=1S/C11H18O4.2Li/c1-6(2)7-3-4-8(10(12)13)9(5-7)11(14)15;;/h6-9H,3-5H2,1-2H3,(H,12,13)(H,14,15);;/q;2*+1/p-2. The molecule has 0 saturated heterocycles. The molecule has 0 aromatic carbocycles. The molecule has 0 amide bonds. The van der Waals surface area contributed by atoms with Gasteiger partial charge < -0.3 is 19.8 Å². The van der Waals surface area contributed by atoms with Gasteiger partial charge in [-0.05, 0) is 31.1 Å². The van der Waals surface area contributed by atoms with Crippen LogP contribution in [0.15, 0.2) is 0 Å². The van der Waals surface area contributed by atoms with Gasteiger partial charge in [0, 0.05) is 23.8 Å². The van der Waals surface area contributed by atoms with Crippen LogP contribution in [0.5, 0.6) is 0 Å². The van der Waals surface area contributed by atoms with E-state index >= 15 is 0 Å². The molecular weight excluding hydrogens is 210 g/mol. The van der Waals surface area contributed by atoms with Crippen LogP contribution < -0.4 is 47.9 Å². The maximum Gasteiger partial charge on any atom is 1.00 e. The monoisotopic (exact) mass is 226 g/mol. The minimum absolute atomic E-state index is 0. The van der Waals surface area contributed by atoms with Crippen molar-refractivity contribution in [2.45, 2.75) is 33.1 Å². The van der Waals surface area contributed by atoms with Crippen LogP contribution in [0.25, 0.3) is 0 Å². The average molecular weight is 226 g/mol. The minimum Gasteiger partial charge on any atom is -0.550 e. The fourth-order valence-corrected chi connectivity index (χ4v) is 2.35. The third-order valence-corrected chi connectivity index (χ3v) is 3.44. The van der Waals surface area contributed by atoms with Crippen LogP contribution in [-0.2, 0) is 9.59 Å². The SMILES string of the molecule is CC(C)C1CCC(C(=O)[O-])C(C(=O)[O-])C1.[Li+].[Li+]. The molecule has 0 radical (unpaired) electrons. The number of carbonyl (C=O) groups excluding carboxylic acids is 2. The van der Waals surface area contributed by atoms with Crippen molar-refractivity contribution in [3.05, 3.63) is 0 Å². The van der Waals surface area contributed by atoms with Crippen LogP contribution in [0, 0.1) is 23.7 Å². The molecule has 3 atom stereocenters. The third-order valence-electron chi connectivity index (χ3n) is 3.44. The van der Waals surface area contributed by atoms with Crippen LogP contribution in [0.4, 0.5) is 0 Å². The zero-order valence-electron chi connectivity index (χ0n) is 11.1. The van der Waals surface area contributed by atoms with E-state index in [1.807, 2.05) is 13.8 Å². The van der Waals surface area contributed by atoms with E-state index in [1.54, 1.807) is 0 Å². The number of carbonyl (C=O) groups is 2. The van der Waals surface area contributed by atoms with E-state index in [4.69, 9.17) is 0 Å². The summed E-state index contributed by atoms with van der Waals surface area (Å²) in [5.74, 6) is -3.60. The molecule has 1 fully saturated rings. The van der Waals surface area contributed by atoms with Crippen LogP contribution in [0.3, 0.4) is 0 Å². The van der Waals surface area contributed by atoms with Gasteiger partial charge in [-0.1, -0.05) is 13.8 Å². The number of carboxylic acids is 2. The van der Waals surface area contributed by atoms with Gasteiger partial charge in [-0.25, -0.2) is 0 Å². The molecule has 3 unspecified atom stereocenters. The molecule has 0 heterocycles. The Balaban J connectivity index is 0. The number of carboxylic acid groups (broad SMARTS) is 2. The van der Waals surface area contributed by atoms with Crippen molar-refractivity contribution >= 4 is 11.9 Å². The summed E-state index contributed by atoms with van der Waals surface area (Å²) < 4.78 is 0. The van der Waals surface area contributed by atoms with E-state index in [-0.39, 0.29) is 43.6 Å². The van der Waals surface area contributed by atoms with Crippen LogP contribution >= 0.6 is 0 Å². The number of hydrogen-bond acceptors (Lipinski definition) is 4. The molecule has 17 heavy (non-hydrogen) atoms. The molecular formula is C11H16Li2O4. The first-order valence-corrected chi connectivity index (χ1v) is 5.35. The predicted octanol–water partition coefficient (Wildman–Crippen LogP) is -6.82. The number of aliphatic carboxylic acids is 2. The van der Waals surface area contributed by atoms with Gasteiger partial charge in [-0.2, -0.15) is 0 Å². The van der Waals surface area contributed by atoms with Crippen molar-refractivity contribution in [1.29, 1.82) is 0 Å². The van der Waals surface area contributed by atoms with Crippen molar-refractivity contribution in [1.82, 2.24) is 0 Å². The van der Waals surface area contributed by atoms with Crippen LogP contribution in [0.1, 0.15) is 33.1 Å². The first kappa shape index (κ1) is 19.5. The Kier molecular flexibility index (Phi) is 9.48. The first-order chi connectivity index (χ1) is 6.93. The van der Waals surface area contributed by atoms with Crippen molar-refractivity contribution < 1.29 is 57.5 Å². The molecule has 0 N–H and O–H groups in total. The molecule has 0 aromatic heterocycles. The molecule has 86 valence electrons. The summed E-state index contributed by atoms with van der Waals surface area (Å²) in [5.41, 5.74) is 0. The maximum absolute atomic E-state index is 10.8. The smallest absolute Gasteiger partial charge is 0.550 e. The Morgan fingerprint density at radius 3 is 1.82 bits per heavy atom. The quantitative estimate of drug-likeness (QED) is 0.448. The molecule has 1 aliphatic rings. The van der Waals surface area contributed by atoms with E-state index in [1.165, 1.54) is 0 Å². The second-order valence-electron chi connectivity index (χ2n) is 4.67. The average Bonchev–Trinajstić information content (AvgIpc) is 2.16. The van der Waals surface area contributed by atoms with Gasteiger partial charge in [0.25, 0.3) is 0 Å². The van der Waals surface area contributed by atoms with E-state index in [0.717, 1.165) is 6.42 Å². The summed E-state index contributed by atoms with van der Waals surface area (Å²) in [4.78, 5) is 21.6. The Morgan fingerprint density at radius 1 is 1.00 bits per heavy atom. The minimum atomic E-state index is -1.26. The molecule has 0 aliphatic heterocycles. The zero-order valence-corrected chi connectivity index (χ0v) is 11.1.